The summed E-state index contributed by atoms with van der Waals surface area (Å²) in [6.45, 7) is 3.15. The molecule has 0 unspecified atom stereocenters. The molecule has 0 aliphatic carbocycles. The van der Waals surface area contributed by atoms with Crippen LogP contribution in [0, 0.1) is 6.92 Å². The van der Waals surface area contributed by atoms with Crippen molar-refractivity contribution in [1.82, 2.24) is 0 Å². The zero-order valence-corrected chi connectivity index (χ0v) is 12.7. The van der Waals surface area contributed by atoms with Crippen molar-refractivity contribution >= 4 is 11.8 Å². The quantitative estimate of drug-likeness (QED) is 0.639. The number of furan rings is 1. The monoisotopic (exact) mass is 320 g/mol. The van der Waals surface area contributed by atoms with Crippen LogP contribution in [0.15, 0.2) is 38.1 Å². The Bertz CT molecular complexity index is 755. The second-order valence-electron chi connectivity index (χ2n) is 4.86. The fourth-order valence-electron chi connectivity index (χ4n) is 2.24. The van der Waals surface area contributed by atoms with Gasteiger partial charge in [0.2, 0.25) is 5.78 Å². The van der Waals surface area contributed by atoms with Crippen LogP contribution < -0.4 is 5.63 Å². The molecule has 1 N–H and O–H groups in total. The third-order valence-corrected chi connectivity index (χ3v) is 3.22. The molecule has 2 rings (SSSR count). The van der Waals surface area contributed by atoms with Gasteiger partial charge < -0.3 is 18.7 Å². The molecule has 2 aromatic heterocycles. The first-order valence-electron chi connectivity index (χ1n) is 7.01. The first-order chi connectivity index (χ1) is 10.9. The van der Waals surface area contributed by atoms with Gasteiger partial charge in [-0.1, -0.05) is 0 Å². The van der Waals surface area contributed by atoms with Crippen LogP contribution in [0.25, 0.3) is 0 Å². The molecule has 23 heavy (non-hydrogen) atoms. The Kier molecular flexibility index (Phi) is 5.00. The third kappa shape index (κ3) is 3.68. The normalized spacial score (nSPS) is 11.9. The number of hydrogen-bond donors (Lipinski definition) is 1. The molecule has 0 aliphatic heterocycles. The summed E-state index contributed by atoms with van der Waals surface area (Å²) < 4.78 is 14.9. The fourth-order valence-corrected chi connectivity index (χ4v) is 2.24. The summed E-state index contributed by atoms with van der Waals surface area (Å²) in [5.74, 6) is -2.61. The SMILES string of the molecule is CCOC(=O)C(=O)C[C@H](c1ccco1)c1c(O)cc(C)oc1=O. The first-order valence-corrected chi connectivity index (χ1v) is 7.01. The van der Waals surface area contributed by atoms with Gasteiger partial charge in [-0.15, -0.1) is 0 Å². The van der Waals surface area contributed by atoms with Gasteiger partial charge >= 0.3 is 11.6 Å². The number of Topliss-reactive ketones (excluding diaryl/α,β-unsaturated/α-hetero) is 1. The van der Waals surface area contributed by atoms with E-state index in [1.807, 2.05) is 0 Å². The predicted molar refractivity (Wildman–Crippen MR) is 78.2 cm³/mol. The van der Waals surface area contributed by atoms with Crippen molar-refractivity contribution in [3.05, 3.63) is 52.0 Å². The van der Waals surface area contributed by atoms with E-state index in [-0.39, 0.29) is 35.9 Å². The van der Waals surface area contributed by atoms with E-state index >= 15 is 0 Å². The van der Waals surface area contributed by atoms with E-state index in [2.05, 4.69) is 4.74 Å². The lowest BCUT2D eigenvalue weighted by Crippen LogP contribution is -2.23. The third-order valence-electron chi connectivity index (χ3n) is 3.22. The molecule has 122 valence electrons. The maximum atomic E-state index is 12.1. The van der Waals surface area contributed by atoms with Gasteiger partial charge in [-0.05, 0) is 26.0 Å². The fraction of sp³-hybridized carbons (Fsp3) is 0.312. The zero-order chi connectivity index (χ0) is 17.0. The Morgan fingerprint density at radius 3 is 2.70 bits per heavy atom. The number of hydrogen-bond acceptors (Lipinski definition) is 7. The van der Waals surface area contributed by atoms with Gasteiger partial charge in [0.25, 0.3) is 0 Å². The van der Waals surface area contributed by atoms with Crippen molar-refractivity contribution in [2.45, 2.75) is 26.2 Å². The van der Waals surface area contributed by atoms with E-state index in [0.29, 0.717) is 0 Å². The Morgan fingerprint density at radius 1 is 1.39 bits per heavy atom. The van der Waals surface area contributed by atoms with Crippen LogP contribution in [0.5, 0.6) is 5.75 Å². The average Bonchev–Trinajstić information content (AvgIpc) is 2.99. The van der Waals surface area contributed by atoms with Crippen LogP contribution in [0.1, 0.15) is 36.3 Å². The van der Waals surface area contributed by atoms with Crippen molar-refractivity contribution in [3.63, 3.8) is 0 Å². The number of rotatable bonds is 6. The number of ketones is 1. The topological polar surface area (TPSA) is 107 Å². The van der Waals surface area contributed by atoms with Crippen LogP contribution in [-0.2, 0) is 14.3 Å². The minimum absolute atomic E-state index is 0.0634. The van der Waals surface area contributed by atoms with E-state index in [0.717, 1.165) is 0 Å². The Balaban J connectivity index is 2.43. The number of aromatic hydroxyl groups is 1. The molecular formula is C16H16O7. The van der Waals surface area contributed by atoms with Crippen LogP contribution >= 0.6 is 0 Å². The molecule has 0 saturated heterocycles. The van der Waals surface area contributed by atoms with Gasteiger partial charge in [-0.2, -0.15) is 0 Å². The van der Waals surface area contributed by atoms with Crippen LogP contribution in [-0.4, -0.2) is 23.5 Å². The highest BCUT2D eigenvalue weighted by atomic mass is 16.5. The molecule has 0 aliphatic rings. The lowest BCUT2D eigenvalue weighted by atomic mass is 9.91. The second kappa shape index (κ2) is 6.95. The molecule has 0 radical (unpaired) electrons. The predicted octanol–water partition coefficient (Wildman–Crippen LogP) is 1.90. The van der Waals surface area contributed by atoms with Gasteiger partial charge in [0, 0.05) is 12.5 Å². The number of carbonyl (C=O) groups is 2. The maximum Gasteiger partial charge on any atom is 0.374 e. The molecule has 0 amide bonds. The molecule has 7 heteroatoms. The van der Waals surface area contributed by atoms with Crippen molar-refractivity contribution in [1.29, 1.82) is 0 Å². The molecule has 1 atom stereocenters. The smallest absolute Gasteiger partial charge is 0.374 e. The summed E-state index contributed by atoms with van der Waals surface area (Å²) in [4.78, 5) is 35.6. The average molecular weight is 320 g/mol. The van der Waals surface area contributed by atoms with Crippen molar-refractivity contribution in [2.24, 2.45) is 0 Å². The molecule has 0 bridgehead atoms. The van der Waals surface area contributed by atoms with Crippen LogP contribution in [0.3, 0.4) is 0 Å². The summed E-state index contributed by atoms with van der Waals surface area (Å²) in [5.41, 5.74) is -0.927. The Morgan fingerprint density at radius 2 is 2.13 bits per heavy atom. The first kappa shape index (κ1) is 16.5. The Labute approximate surface area is 131 Å². The van der Waals surface area contributed by atoms with Crippen molar-refractivity contribution in [3.8, 4) is 5.75 Å². The summed E-state index contributed by atoms with van der Waals surface area (Å²) in [6.07, 6.45) is 0.984. The molecule has 7 nitrogen and oxygen atoms in total. The van der Waals surface area contributed by atoms with Crippen LogP contribution in [0.4, 0.5) is 0 Å². The minimum Gasteiger partial charge on any atom is -0.507 e. The molecule has 2 aromatic rings. The molecular weight excluding hydrogens is 304 g/mol. The zero-order valence-electron chi connectivity index (χ0n) is 12.7. The van der Waals surface area contributed by atoms with E-state index in [4.69, 9.17) is 8.83 Å². The largest absolute Gasteiger partial charge is 0.507 e. The lowest BCUT2D eigenvalue weighted by Gasteiger charge is -2.14. The van der Waals surface area contributed by atoms with Crippen molar-refractivity contribution < 1.29 is 28.3 Å². The molecule has 0 saturated carbocycles. The van der Waals surface area contributed by atoms with Crippen molar-refractivity contribution in [2.75, 3.05) is 6.61 Å². The second-order valence-corrected chi connectivity index (χ2v) is 4.86. The van der Waals surface area contributed by atoms with Gasteiger partial charge in [-0.25, -0.2) is 9.59 Å². The standard InChI is InChI=1S/C16H16O7/c1-3-21-15(19)12(18)8-10(13-5-4-6-22-13)14-11(17)7-9(2)23-16(14)20/h4-7,10,17H,3,8H2,1-2H3/t10-/m1/s1. The van der Waals surface area contributed by atoms with Gasteiger partial charge in [-0.3, -0.25) is 4.79 Å². The number of carbonyl (C=O) groups excluding carboxylic acids is 2. The van der Waals surface area contributed by atoms with Gasteiger partial charge in [0.05, 0.1) is 24.4 Å². The number of esters is 1. The Hall–Kier alpha value is -2.83. The summed E-state index contributed by atoms with van der Waals surface area (Å²) >= 11 is 0. The molecule has 0 spiro atoms. The minimum atomic E-state index is -1.000. The number of ether oxygens (including phenoxy) is 1. The summed E-state index contributed by atoms with van der Waals surface area (Å²) in [7, 11) is 0. The van der Waals surface area contributed by atoms with Gasteiger partial charge in [0.1, 0.15) is 17.3 Å². The molecule has 0 aromatic carbocycles. The summed E-state index contributed by atoms with van der Waals surface area (Å²) in [5, 5.41) is 10.1. The van der Waals surface area contributed by atoms with Crippen LogP contribution in [0.2, 0.25) is 0 Å². The van der Waals surface area contributed by atoms with Gasteiger partial charge in [0.15, 0.2) is 0 Å². The highest BCUT2D eigenvalue weighted by Gasteiger charge is 2.30. The molecule has 0 fully saturated rings. The number of aryl methyl sites for hydroxylation is 1. The van der Waals surface area contributed by atoms with E-state index in [1.165, 1.54) is 19.3 Å². The van der Waals surface area contributed by atoms with E-state index in [9.17, 15) is 19.5 Å². The molecule has 2 heterocycles. The highest BCUT2D eigenvalue weighted by molar-refractivity contribution is 6.33. The van der Waals surface area contributed by atoms with E-state index < -0.39 is 23.3 Å². The van der Waals surface area contributed by atoms with E-state index in [1.54, 1.807) is 19.1 Å². The summed E-state index contributed by atoms with van der Waals surface area (Å²) in [6, 6.07) is 4.38. The maximum absolute atomic E-state index is 12.1. The highest BCUT2D eigenvalue weighted by Crippen LogP contribution is 2.32. The lowest BCUT2D eigenvalue weighted by molar-refractivity contribution is -0.153.